The number of alkyl halides is 1. The molecule has 0 radical (unpaired) electrons. The molecule has 0 aromatic heterocycles. The summed E-state index contributed by atoms with van der Waals surface area (Å²) in [4.78, 5) is 0. The summed E-state index contributed by atoms with van der Waals surface area (Å²) in [5.41, 5.74) is 0. The molecule has 2 heteroatoms. The van der Waals surface area contributed by atoms with Gasteiger partial charge in [0.1, 0.15) is 0 Å². The van der Waals surface area contributed by atoms with E-state index in [1.165, 1.54) is 12.5 Å². The molecule has 48 valence electrons. The molecule has 1 heterocycles. The Labute approximate surface area is 63.8 Å². The summed E-state index contributed by atoms with van der Waals surface area (Å²) in [6.45, 7) is 2.33. The van der Waals surface area contributed by atoms with Gasteiger partial charge < -0.3 is 0 Å². The molecule has 8 heavy (non-hydrogen) atoms. The van der Waals surface area contributed by atoms with Crippen LogP contribution < -0.4 is 21.2 Å². The van der Waals surface area contributed by atoms with Gasteiger partial charge in [-0.25, -0.2) is 0 Å². The van der Waals surface area contributed by atoms with E-state index in [1.54, 1.807) is 4.43 Å². The van der Waals surface area contributed by atoms with Crippen LogP contribution in [0.4, 0.5) is 0 Å². The van der Waals surface area contributed by atoms with Crippen LogP contribution in [0.15, 0.2) is 9.28 Å². The normalized spacial score (nSPS) is 21.4. The summed E-state index contributed by atoms with van der Waals surface area (Å²) in [5.74, 6) is 0. The Morgan fingerprint density at radius 3 is 3.25 bits per heavy atom. The van der Waals surface area contributed by atoms with Gasteiger partial charge in [-0.2, -0.15) is 0 Å². The average molecular weight is 239 g/mol. The predicted octanol–water partition coefficient (Wildman–Crippen LogP) is -2.07. The van der Waals surface area contributed by atoms with Crippen LogP contribution in [-0.2, 0) is 0 Å². The average Bonchev–Trinajstić information content (AvgIpc) is 2.19. The van der Waals surface area contributed by atoms with E-state index < -0.39 is 0 Å². The van der Waals surface area contributed by atoms with E-state index in [0.717, 1.165) is 0 Å². The molecule has 0 amide bonds. The number of halogens is 1. The van der Waals surface area contributed by atoms with Gasteiger partial charge in [0.15, 0.2) is 0 Å². The summed E-state index contributed by atoms with van der Waals surface area (Å²) in [7, 11) is 0.308. The molecule has 1 aliphatic heterocycles. The summed E-state index contributed by atoms with van der Waals surface area (Å²) in [6, 6.07) is 1.49. The first kappa shape index (κ1) is 6.80. The molecule has 1 aliphatic rings. The van der Waals surface area contributed by atoms with Crippen molar-refractivity contribution in [2.24, 2.45) is 0 Å². The van der Waals surface area contributed by atoms with Crippen LogP contribution in [0.3, 0.4) is 0 Å². The number of hydrogen-bond donors (Lipinski definition) is 0. The number of hydrogen-bond acceptors (Lipinski definition) is 0. The SMILES string of the molecule is CC[SiH2]C1=CCC[I-]1. The summed E-state index contributed by atoms with van der Waals surface area (Å²) in [6.07, 6.45) is 3.94. The van der Waals surface area contributed by atoms with Gasteiger partial charge in [0.2, 0.25) is 0 Å². The van der Waals surface area contributed by atoms with Gasteiger partial charge in [-0.15, -0.1) is 0 Å². The van der Waals surface area contributed by atoms with Crippen LogP contribution >= 0.6 is 0 Å². The fourth-order valence-corrected chi connectivity index (χ4v) is 7.47. The standard InChI is InChI=1S/C6H12ISi/c1-2-8-6-4-3-5-7-6/h4H,2-3,5,8H2,1H3/q-1. The van der Waals surface area contributed by atoms with E-state index >= 15 is 0 Å². The Bertz CT molecular complexity index is 98.7. The molecule has 0 aliphatic carbocycles. The second-order valence-corrected chi connectivity index (χ2v) is 8.94. The third-order valence-electron chi connectivity index (χ3n) is 1.23. The van der Waals surface area contributed by atoms with Gasteiger partial charge in [0, 0.05) is 0 Å². The van der Waals surface area contributed by atoms with E-state index in [4.69, 9.17) is 0 Å². The van der Waals surface area contributed by atoms with Crippen molar-refractivity contribution >= 4 is 9.52 Å². The first-order valence-corrected chi connectivity index (χ1v) is 7.53. The molecule has 0 aromatic rings. The maximum absolute atomic E-state index is 2.52. The summed E-state index contributed by atoms with van der Waals surface area (Å²) in [5, 5.41) is 0. The van der Waals surface area contributed by atoms with Gasteiger partial charge >= 0.3 is 63.8 Å². The molecule has 0 nitrogen and oxygen atoms in total. The van der Waals surface area contributed by atoms with E-state index in [-0.39, 0.29) is 0 Å². The van der Waals surface area contributed by atoms with Crippen molar-refractivity contribution in [3.05, 3.63) is 9.28 Å². The zero-order valence-corrected chi connectivity index (χ0v) is 8.86. The zero-order valence-electron chi connectivity index (χ0n) is 5.28. The van der Waals surface area contributed by atoms with E-state index in [1.807, 2.05) is 3.20 Å². The monoisotopic (exact) mass is 239 g/mol. The van der Waals surface area contributed by atoms with Crippen LogP contribution in [0.25, 0.3) is 0 Å². The molecule has 0 unspecified atom stereocenters. The molecule has 0 N–H and O–H groups in total. The van der Waals surface area contributed by atoms with Gasteiger partial charge in [0.05, 0.1) is 0 Å². The Morgan fingerprint density at radius 1 is 1.88 bits per heavy atom. The molecule has 1 rings (SSSR count). The number of rotatable bonds is 2. The molecule has 0 bridgehead atoms. The molecule has 0 fully saturated rings. The van der Waals surface area contributed by atoms with Crippen molar-refractivity contribution < 1.29 is 21.2 Å². The molecule has 0 aromatic carbocycles. The fraction of sp³-hybridized carbons (Fsp3) is 0.667. The van der Waals surface area contributed by atoms with Crippen LogP contribution in [0, 0.1) is 0 Å². The van der Waals surface area contributed by atoms with E-state index in [9.17, 15) is 0 Å². The minimum absolute atomic E-state index is 0.308. The first-order chi connectivity index (χ1) is 3.93. The molecule has 0 atom stereocenters. The third kappa shape index (κ3) is 1.89. The Balaban J connectivity index is 2.23. The van der Waals surface area contributed by atoms with Crippen LogP contribution in [-0.4, -0.2) is 13.9 Å². The Hall–Kier alpha value is 0.687. The second kappa shape index (κ2) is 3.66. The number of allylic oxidation sites excluding steroid dienone is 1. The fourth-order valence-electron chi connectivity index (χ4n) is 0.849. The Morgan fingerprint density at radius 2 is 2.75 bits per heavy atom. The topological polar surface area (TPSA) is 0 Å². The van der Waals surface area contributed by atoms with Crippen molar-refractivity contribution in [3.63, 3.8) is 0 Å². The first-order valence-electron chi connectivity index (χ1n) is 3.21. The van der Waals surface area contributed by atoms with Crippen molar-refractivity contribution in [1.82, 2.24) is 0 Å². The van der Waals surface area contributed by atoms with Crippen LogP contribution in [0.5, 0.6) is 0 Å². The van der Waals surface area contributed by atoms with Crippen LogP contribution in [0.1, 0.15) is 13.3 Å². The third-order valence-corrected chi connectivity index (χ3v) is 7.96. The van der Waals surface area contributed by atoms with Gasteiger partial charge in [-0.1, -0.05) is 0 Å². The van der Waals surface area contributed by atoms with Crippen molar-refractivity contribution in [2.75, 3.05) is 4.43 Å². The van der Waals surface area contributed by atoms with Crippen molar-refractivity contribution in [2.45, 2.75) is 19.4 Å². The maximum atomic E-state index is 2.52. The molecule has 0 saturated heterocycles. The van der Waals surface area contributed by atoms with Gasteiger partial charge in [-0.05, 0) is 0 Å². The van der Waals surface area contributed by atoms with Gasteiger partial charge in [0.25, 0.3) is 0 Å². The molecular formula is C6H12ISi-. The van der Waals surface area contributed by atoms with Crippen molar-refractivity contribution in [3.8, 4) is 0 Å². The molecular weight excluding hydrogens is 227 g/mol. The van der Waals surface area contributed by atoms with Gasteiger partial charge in [-0.3, -0.25) is 0 Å². The minimum atomic E-state index is 0.308. The summed E-state index contributed by atoms with van der Waals surface area (Å²) < 4.78 is 3.51. The van der Waals surface area contributed by atoms with Crippen LogP contribution in [0.2, 0.25) is 6.04 Å². The predicted molar refractivity (Wildman–Crippen MR) is 36.6 cm³/mol. The second-order valence-electron chi connectivity index (χ2n) is 2.01. The van der Waals surface area contributed by atoms with E-state index in [0.29, 0.717) is 30.7 Å². The zero-order chi connectivity index (χ0) is 5.82. The summed E-state index contributed by atoms with van der Waals surface area (Å²) >= 11 is 0.593. The molecule has 0 saturated carbocycles. The quantitative estimate of drug-likeness (QED) is 0.295. The van der Waals surface area contributed by atoms with Crippen molar-refractivity contribution in [1.29, 1.82) is 0 Å². The molecule has 0 spiro atoms. The Kier molecular flexibility index (Phi) is 3.11. The van der Waals surface area contributed by atoms with E-state index in [2.05, 4.69) is 13.0 Å².